The maximum Gasteiger partial charge on any atom is 0.233 e. The summed E-state index contributed by atoms with van der Waals surface area (Å²) in [6, 6.07) is 4.32. The summed E-state index contributed by atoms with van der Waals surface area (Å²) in [4.78, 5) is 11.4. The van der Waals surface area contributed by atoms with Gasteiger partial charge in [0.2, 0.25) is 5.91 Å². The molecule has 1 aromatic rings. The van der Waals surface area contributed by atoms with Crippen molar-refractivity contribution in [2.45, 2.75) is 20.4 Å². The fraction of sp³-hybridized carbons (Fsp3) is 0.462. The van der Waals surface area contributed by atoms with Crippen LogP contribution in [0, 0.1) is 11.7 Å². The Labute approximate surface area is 106 Å². The normalized spacial score (nSPS) is 10.7. The van der Waals surface area contributed by atoms with E-state index in [1.807, 2.05) is 13.8 Å². The standard InChI is InChI=1S/C13H19FN2O2/c1-9(2)6-16-12(17)8-15-7-10-4-3-5-11(14)13(10)18/h3-5,9,15,18H,6-8H2,1-2H3,(H,16,17). The fourth-order valence-electron chi connectivity index (χ4n) is 1.39. The molecule has 0 radical (unpaired) electrons. The van der Waals surface area contributed by atoms with Crippen LogP contribution in [0.5, 0.6) is 5.75 Å². The molecule has 0 saturated carbocycles. The van der Waals surface area contributed by atoms with Gasteiger partial charge in [-0.3, -0.25) is 4.79 Å². The molecule has 1 rings (SSSR count). The molecule has 0 fully saturated rings. The monoisotopic (exact) mass is 254 g/mol. The lowest BCUT2D eigenvalue weighted by molar-refractivity contribution is -0.120. The van der Waals surface area contributed by atoms with Crippen molar-refractivity contribution in [3.05, 3.63) is 29.6 Å². The number of carbonyl (C=O) groups is 1. The average molecular weight is 254 g/mol. The number of nitrogens with one attached hydrogen (secondary N) is 2. The minimum absolute atomic E-state index is 0.111. The van der Waals surface area contributed by atoms with Gasteiger partial charge >= 0.3 is 0 Å². The largest absolute Gasteiger partial charge is 0.505 e. The Bertz CT molecular complexity index is 408. The second-order valence-corrected chi connectivity index (χ2v) is 4.55. The van der Waals surface area contributed by atoms with E-state index >= 15 is 0 Å². The Morgan fingerprint density at radius 3 is 2.83 bits per heavy atom. The van der Waals surface area contributed by atoms with Crippen LogP contribution in [0.1, 0.15) is 19.4 Å². The third-order valence-electron chi connectivity index (χ3n) is 2.38. The van der Waals surface area contributed by atoms with E-state index in [1.54, 1.807) is 6.07 Å². The van der Waals surface area contributed by atoms with Crippen LogP contribution >= 0.6 is 0 Å². The van der Waals surface area contributed by atoms with Crippen LogP contribution in [0.25, 0.3) is 0 Å². The number of carbonyl (C=O) groups excluding carboxylic acids is 1. The second kappa shape index (κ2) is 6.96. The molecular weight excluding hydrogens is 235 g/mol. The molecule has 0 spiro atoms. The SMILES string of the molecule is CC(C)CNC(=O)CNCc1cccc(F)c1O. The zero-order valence-corrected chi connectivity index (χ0v) is 10.7. The molecule has 18 heavy (non-hydrogen) atoms. The summed E-state index contributed by atoms with van der Waals surface area (Å²) >= 11 is 0. The van der Waals surface area contributed by atoms with Gasteiger partial charge in [-0.05, 0) is 12.0 Å². The molecule has 100 valence electrons. The first-order chi connectivity index (χ1) is 8.50. The van der Waals surface area contributed by atoms with Gasteiger partial charge in [-0.1, -0.05) is 26.0 Å². The van der Waals surface area contributed by atoms with E-state index in [0.29, 0.717) is 18.0 Å². The number of aromatic hydroxyl groups is 1. The zero-order valence-electron chi connectivity index (χ0n) is 10.7. The number of benzene rings is 1. The van der Waals surface area contributed by atoms with Crippen LogP contribution in [0.4, 0.5) is 4.39 Å². The second-order valence-electron chi connectivity index (χ2n) is 4.55. The van der Waals surface area contributed by atoms with Gasteiger partial charge < -0.3 is 15.7 Å². The van der Waals surface area contributed by atoms with Crippen LogP contribution < -0.4 is 10.6 Å². The number of amides is 1. The molecule has 5 heteroatoms. The van der Waals surface area contributed by atoms with Gasteiger partial charge in [0.25, 0.3) is 0 Å². The van der Waals surface area contributed by atoms with E-state index in [-0.39, 0.29) is 24.7 Å². The highest BCUT2D eigenvalue weighted by atomic mass is 19.1. The molecule has 0 bridgehead atoms. The van der Waals surface area contributed by atoms with Crippen LogP contribution in [0.2, 0.25) is 0 Å². The van der Waals surface area contributed by atoms with Gasteiger partial charge in [-0.2, -0.15) is 0 Å². The van der Waals surface area contributed by atoms with Crippen molar-refractivity contribution in [2.24, 2.45) is 5.92 Å². The molecule has 0 heterocycles. The molecule has 4 nitrogen and oxygen atoms in total. The number of rotatable bonds is 6. The Morgan fingerprint density at radius 1 is 1.44 bits per heavy atom. The maximum absolute atomic E-state index is 13.0. The number of halogens is 1. The van der Waals surface area contributed by atoms with Crippen LogP contribution in [-0.2, 0) is 11.3 Å². The topological polar surface area (TPSA) is 61.4 Å². The van der Waals surface area contributed by atoms with E-state index in [4.69, 9.17) is 0 Å². The molecule has 1 aromatic carbocycles. The van der Waals surface area contributed by atoms with Crippen molar-refractivity contribution in [3.63, 3.8) is 0 Å². The highest BCUT2D eigenvalue weighted by Crippen LogP contribution is 2.19. The Hall–Kier alpha value is -1.62. The molecule has 1 amide bonds. The molecule has 3 N–H and O–H groups in total. The first-order valence-corrected chi connectivity index (χ1v) is 5.94. The predicted molar refractivity (Wildman–Crippen MR) is 67.6 cm³/mol. The smallest absolute Gasteiger partial charge is 0.233 e. The Morgan fingerprint density at radius 2 is 2.17 bits per heavy atom. The summed E-state index contributed by atoms with van der Waals surface area (Å²) in [6.07, 6.45) is 0. The quantitative estimate of drug-likeness (QED) is 0.719. The summed E-state index contributed by atoms with van der Waals surface area (Å²) < 4.78 is 13.0. The third-order valence-corrected chi connectivity index (χ3v) is 2.38. The number of phenols is 1. The van der Waals surface area contributed by atoms with Crippen LogP contribution in [-0.4, -0.2) is 24.1 Å². The number of hydrogen-bond acceptors (Lipinski definition) is 3. The molecule has 0 aliphatic carbocycles. The summed E-state index contributed by atoms with van der Waals surface area (Å²) in [7, 11) is 0. The highest BCUT2D eigenvalue weighted by molar-refractivity contribution is 5.77. The first kappa shape index (κ1) is 14.4. The van der Waals surface area contributed by atoms with E-state index < -0.39 is 5.82 Å². The van der Waals surface area contributed by atoms with Crippen molar-refractivity contribution in [2.75, 3.05) is 13.1 Å². The lowest BCUT2D eigenvalue weighted by atomic mass is 10.2. The molecular formula is C13H19FN2O2. The predicted octanol–water partition coefficient (Wildman–Crippen LogP) is 1.39. The molecule has 0 unspecified atom stereocenters. The Kier molecular flexibility index (Phi) is 5.58. The molecule has 0 saturated heterocycles. The average Bonchev–Trinajstić information content (AvgIpc) is 2.32. The van der Waals surface area contributed by atoms with Crippen LogP contribution in [0.15, 0.2) is 18.2 Å². The third kappa shape index (κ3) is 4.71. The van der Waals surface area contributed by atoms with Gasteiger partial charge in [-0.15, -0.1) is 0 Å². The van der Waals surface area contributed by atoms with Crippen molar-refractivity contribution >= 4 is 5.91 Å². The summed E-state index contributed by atoms with van der Waals surface area (Å²) in [5.41, 5.74) is 0.437. The van der Waals surface area contributed by atoms with Crippen LogP contribution in [0.3, 0.4) is 0 Å². The van der Waals surface area contributed by atoms with Gasteiger partial charge in [0.15, 0.2) is 11.6 Å². The van der Waals surface area contributed by atoms with Crippen molar-refractivity contribution in [1.82, 2.24) is 10.6 Å². The van der Waals surface area contributed by atoms with Gasteiger partial charge in [0, 0.05) is 18.7 Å². The minimum atomic E-state index is -0.654. The summed E-state index contributed by atoms with van der Waals surface area (Å²) in [5, 5.41) is 15.0. The Balaban J connectivity index is 2.33. The molecule has 0 aromatic heterocycles. The molecule has 0 atom stereocenters. The van der Waals surface area contributed by atoms with Crippen molar-refractivity contribution < 1.29 is 14.3 Å². The fourth-order valence-corrected chi connectivity index (χ4v) is 1.39. The number of phenolic OH excluding ortho intramolecular Hbond substituents is 1. The first-order valence-electron chi connectivity index (χ1n) is 5.94. The maximum atomic E-state index is 13.0. The van der Waals surface area contributed by atoms with E-state index in [9.17, 15) is 14.3 Å². The summed E-state index contributed by atoms with van der Waals surface area (Å²) in [5.74, 6) is -0.730. The number of hydrogen-bond donors (Lipinski definition) is 3. The van der Waals surface area contributed by atoms with Crippen molar-refractivity contribution in [1.29, 1.82) is 0 Å². The lowest BCUT2D eigenvalue weighted by Crippen LogP contribution is -2.35. The lowest BCUT2D eigenvalue weighted by Gasteiger charge is -2.09. The van der Waals surface area contributed by atoms with Gasteiger partial charge in [0.05, 0.1) is 6.54 Å². The minimum Gasteiger partial charge on any atom is -0.505 e. The number of para-hydroxylation sites is 1. The zero-order chi connectivity index (χ0) is 13.5. The van der Waals surface area contributed by atoms with E-state index in [1.165, 1.54) is 12.1 Å². The summed E-state index contributed by atoms with van der Waals surface area (Å²) in [6.45, 7) is 5.05. The molecule has 0 aliphatic rings. The molecule has 0 aliphatic heterocycles. The van der Waals surface area contributed by atoms with E-state index in [0.717, 1.165) is 0 Å². The van der Waals surface area contributed by atoms with Crippen molar-refractivity contribution in [3.8, 4) is 5.75 Å². The highest BCUT2D eigenvalue weighted by Gasteiger charge is 2.07. The van der Waals surface area contributed by atoms with E-state index in [2.05, 4.69) is 10.6 Å². The van der Waals surface area contributed by atoms with Gasteiger partial charge in [0.1, 0.15) is 0 Å². The van der Waals surface area contributed by atoms with Gasteiger partial charge in [-0.25, -0.2) is 4.39 Å².